The van der Waals surface area contributed by atoms with Crippen molar-refractivity contribution in [3.05, 3.63) is 35.1 Å². The first-order valence-corrected chi connectivity index (χ1v) is 6.05. The highest BCUT2D eigenvalue weighted by molar-refractivity contribution is 7.89. The molecule has 0 spiro atoms. The minimum atomic E-state index is -3.38. The van der Waals surface area contributed by atoms with E-state index in [0.717, 1.165) is 24.5 Å². The Kier molecular flexibility index (Phi) is 3.09. The molecule has 0 radical (unpaired) electrons. The molecule has 0 atom stereocenters. The molecule has 4 nitrogen and oxygen atoms in total. The Morgan fingerprint density at radius 1 is 1.47 bits per heavy atom. The first kappa shape index (κ1) is 11.6. The second-order valence-corrected chi connectivity index (χ2v) is 5.32. The van der Waals surface area contributed by atoms with E-state index in [1.54, 1.807) is 0 Å². The predicted molar refractivity (Wildman–Crippen MR) is 51.9 cm³/mol. The van der Waals surface area contributed by atoms with Gasteiger partial charge in [0.05, 0.1) is 11.3 Å². The fraction of sp³-hybridized carbons (Fsp3) is 0.222. The summed E-state index contributed by atoms with van der Waals surface area (Å²) < 4.78 is 34.9. The van der Waals surface area contributed by atoms with Crippen LogP contribution in [0.2, 0.25) is 0 Å². The number of halogens is 1. The second-order valence-electron chi connectivity index (χ2n) is 3.18. The van der Waals surface area contributed by atoms with Crippen LogP contribution in [0.1, 0.15) is 15.9 Å². The molecule has 1 aromatic rings. The molecule has 0 saturated carbocycles. The highest BCUT2D eigenvalue weighted by Gasteiger charge is 2.12. The lowest BCUT2D eigenvalue weighted by molar-refractivity contribution is 0.0696. The van der Waals surface area contributed by atoms with Crippen molar-refractivity contribution in [2.45, 2.75) is 5.75 Å². The number of aromatic carboxylic acids is 1. The highest BCUT2D eigenvalue weighted by Crippen LogP contribution is 2.13. The molecular formula is C9H9FO4S. The highest BCUT2D eigenvalue weighted by atomic mass is 32.2. The summed E-state index contributed by atoms with van der Waals surface area (Å²) in [4.78, 5) is 10.6. The van der Waals surface area contributed by atoms with Crippen LogP contribution in [0.4, 0.5) is 4.39 Å². The zero-order valence-electron chi connectivity index (χ0n) is 7.90. The Morgan fingerprint density at radius 2 is 2.07 bits per heavy atom. The summed E-state index contributed by atoms with van der Waals surface area (Å²) in [7, 11) is -3.38. The number of carboxylic acids is 1. The van der Waals surface area contributed by atoms with E-state index >= 15 is 0 Å². The van der Waals surface area contributed by atoms with Gasteiger partial charge in [-0.3, -0.25) is 0 Å². The Bertz CT molecular complexity index is 493. The Morgan fingerprint density at radius 3 is 2.53 bits per heavy atom. The maximum Gasteiger partial charge on any atom is 0.335 e. The summed E-state index contributed by atoms with van der Waals surface area (Å²) in [5.74, 6) is -2.44. The van der Waals surface area contributed by atoms with E-state index in [2.05, 4.69) is 0 Å². The van der Waals surface area contributed by atoms with Crippen LogP contribution in [0, 0.1) is 5.82 Å². The lowest BCUT2D eigenvalue weighted by Crippen LogP contribution is -2.05. The number of benzene rings is 1. The summed E-state index contributed by atoms with van der Waals surface area (Å²) in [5, 5.41) is 8.63. The van der Waals surface area contributed by atoms with Gasteiger partial charge in [-0.2, -0.15) is 0 Å². The summed E-state index contributed by atoms with van der Waals surface area (Å²) in [6.07, 6.45) is 0.958. The van der Waals surface area contributed by atoms with Crippen molar-refractivity contribution in [2.75, 3.05) is 6.26 Å². The summed E-state index contributed by atoms with van der Waals surface area (Å²) in [6.45, 7) is 0. The second kappa shape index (κ2) is 3.98. The molecule has 0 heterocycles. The zero-order chi connectivity index (χ0) is 11.6. The maximum absolute atomic E-state index is 13.1. The van der Waals surface area contributed by atoms with Crippen LogP contribution in [0.5, 0.6) is 0 Å². The summed E-state index contributed by atoms with van der Waals surface area (Å²) in [6, 6.07) is 3.06. The van der Waals surface area contributed by atoms with Gasteiger partial charge in [-0.1, -0.05) is 0 Å². The van der Waals surface area contributed by atoms with Crippen molar-refractivity contribution in [2.24, 2.45) is 0 Å². The van der Waals surface area contributed by atoms with Crippen molar-refractivity contribution in [3.8, 4) is 0 Å². The van der Waals surface area contributed by atoms with Crippen LogP contribution in [0.25, 0.3) is 0 Å². The van der Waals surface area contributed by atoms with E-state index in [4.69, 9.17) is 5.11 Å². The van der Waals surface area contributed by atoms with Gasteiger partial charge in [0.25, 0.3) is 0 Å². The van der Waals surface area contributed by atoms with Crippen molar-refractivity contribution in [1.29, 1.82) is 0 Å². The first-order chi connectivity index (χ1) is 6.79. The lowest BCUT2D eigenvalue weighted by Gasteiger charge is -2.02. The molecule has 0 amide bonds. The molecule has 1 aromatic carbocycles. The number of carboxylic acid groups (broad SMARTS) is 1. The van der Waals surface area contributed by atoms with Crippen LogP contribution >= 0.6 is 0 Å². The van der Waals surface area contributed by atoms with E-state index in [1.807, 2.05) is 0 Å². The molecule has 1 rings (SSSR count). The molecule has 82 valence electrons. The van der Waals surface area contributed by atoms with Gasteiger partial charge in [-0.25, -0.2) is 17.6 Å². The van der Waals surface area contributed by atoms with E-state index in [0.29, 0.717) is 0 Å². The molecule has 6 heteroatoms. The van der Waals surface area contributed by atoms with Crippen molar-refractivity contribution in [3.63, 3.8) is 0 Å². The molecule has 0 bridgehead atoms. The fourth-order valence-electron chi connectivity index (χ4n) is 1.10. The molecule has 0 aliphatic carbocycles. The SMILES string of the molecule is CS(=O)(=O)Cc1cc(C(=O)O)ccc1F. The van der Waals surface area contributed by atoms with Crippen LogP contribution in [0.15, 0.2) is 18.2 Å². The third kappa shape index (κ3) is 3.32. The molecule has 15 heavy (non-hydrogen) atoms. The molecule has 0 fully saturated rings. The Balaban J connectivity index is 3.17. The van der Waals surface area contributed by atoms with Gasteiger partial charge in [-0.05, 0) is 18.2 Å². The standard InChI is InChI=1S/C9H9FO4S/c1-15(13,14)5-7-4-6(9(11)12)2-3-8(7)10/h2-4H,5H2,1H3,(H,11,12). The number of rotatable bonds is 3. The average Bonchev–Trinajstić information content (AvgIpc) is 2.06. The zero-order valence-corrected chi connectivity index (χ0v) is 8.71. The molecule has 0 aliphatic heterocycles. The Hall–Kier alpha value is -1.43. The third-order valence-electron chi connectivity index (χ3n) is 1.71. The Labute approximate surface area is 86.3 Å². The van der Waals surface area contributed by atoms with Crippen molar-refractivity contribution in [1.82, 2.24) is 0 Å². The van der Waals surface area contributed by atoms with E-state index in [-0.39, 0.29) is 11.1 Å². The quantitative estimate of drug-likeness (QED) is 0.846. The molecular weight excluding hydrogens is 223 g/mol. The molecule has 0 unspecified atom stereocenters. The van der Waals surface area contributed by atoms with Crippen molar-refractivity contribution >= 4 is 15.8 Å². The molecule has 1 N–H and O–H groups in total. The number of sulfone groups is 1. The summed E-state index contributed by atoms with van der Waals surface area (Å²) in [5.41, 5.74) is -0.257. The molecule has 0 aliphatic rings. The van der Waals surface area contributed by atoms with Gasteiger partial charge in [0.15, 0.2) is 9.84 Å². The van der Waals surface area contributed by atoms with Crippen LogP contribution in [-0.2, 0) is 15.6 Å². The number of carbonyl (C=O) groups is 1. The van der Waals surface area contributed by atoms with Gasteiger partial charge >= 0.3 is 5.97 Å². The first-order valence-electron chi connectivity index (χ1n) is 3.99. The smallest absolute Gasteiger partial charge is 0.335 e. The topological polar surface area (TPSA) is 71.4 Å². The van der Waals surface area contributed by atoms with Gasteiger partial charge in [0.2, 0.25) is 0 Å². The third-order valence-corrected chi connectivity index (χ3v) is 2.55. The van der Waals surface area contributed by atoms with Gasteiger partial charge in [0, 0.05) is 11.8 Å². The van der Waals surface area contributed by atoms with E-state index in [1.165, 1.54) is 0 Å². The monoisotopic (exact) mass is 232 g/mol. The lowest BCUT2D eigenvalue weighted by atomic mass is 10.1. The number of hydrogen-bond acceptors (Lipinski definition) is 3. The van der Waals surface area contributed by atoms with E-state index in [9.17, 15) is 17.6 Å². The van der Waals surface area contributed by atoms with Gasteiger partial charge < -0.3 is 5.11 Å². The minimum absolute atomic E-state index is 0.127. The fourth-order valence-corrected chi connectivity index (χ4v) is 1.89. The average molecular weight is 232 g/mol. The van der Waals surface area contributed by atoms with Crippen LogP contribution in [-0.4, -0.2) is 25.7 Å². The van der Waals surface area contributed by atoms with Crippen LogP contribution in [0.3, 0.4) is 0 Å². The summed E-state index contributed by atoms with van der Waals surface area (Å²) >= 11 is 0. The molecule has 0 saturated heterocycles. The largest absolute Gasteiger partial charge is 0.478 e. The molecule has 0 aromatic heterocycles. The predicted octanol–water partition coefficient (Wildman–Crippen LogP) is 1.07. The van der Waals surface area contributed by atoms with Gasteiger partial charge in [-0.15, -0.1) is 0 Å². The van der Waals surface area contributed by atoms with Crippen LogP contribution < -0.4 is 0 Å². The van der Waals surface area contributed by atoms with Crippen molar-refractivity contribution < 1.29 is 22.7 Å². The maximum atomic E-state index is 13.1. The van der Waals surface area contributed by atoms with E-state index < -0.39 is 27.4 Å². The number of hydrogen-bond donors (Lipinski definition) is 1. The minimum Gasteiger partial charge on any atom is -0.478 e. The van der Waals surface area contributed by atoms with Gasteiger partial charge in [0.1, 0.15) is 5.82 Å². The normalized spacial score (nSPS) is 11.3.